The van der Waals surface area contributed by atoms with Crippen LogP contribution in [0.25, 0.3) is 11.2 Å². The van der Waals surface area contributed by atoms with Gasteiger partial charge in [-0.2, -0.15) is 14.6 Å². The second kappa shape index (κ2) is 11.9. The highest BCUT2D eigenvalue weighted by Crippen LogP contribution is 2.53. The molecule has 2 fully saturated rings. The topological polar surface area (TPSA) is 183 Å². The van der Waals surface area contributed by atoms with Crippen molar-refractivity contribution in [2.24, 2.45) is 0 Å². The molecule has 16 heteroatoms. The third-order valence-electron chi connectivity index (χ3n) is 6.15. The van der Waals surface area contributed by atoms with Gasteiger partial charge in [0.25, 0.3) is 0 Å². The van der Waals surface area contributed by atoms with E-state index in [4.69, 9.17) is 30.1 Å². The van der Waals surface area contributed by atoms with Crippen molar-refractivity contribution < 1.29 is 38.4 Å². The minimum Gasteiger partial charge on any atom is -0.393 e. The number of hydrogen-bond acceptors (Lipinski definition) is 13. The summed E-state index contributed by atoms with van der Waals surface area (Å²) in [6, 6.07) is 0.241. The summed E-state index contributed by atoms with van der Waals surface area (Å²) >= 11 is 6.16. The Labute approximate surface area is 212 Å². The van der Waals surface area contributed by atoms with Crippen molar-refractivity contribution in [1.29, 1.82) is 0 Å². The van der Waals surface area contributed by atoms with Crippen molar-refractivity contribution in [2.45, 2.75) is 76.0 Å². The molecule has 1 aliphatic carbocycles. The van der Waals surface area contributed by atoms with Gasteiger partial charge in [0.1, 0.15) is 18.3 Å². The fraction of sp³-hybridized carbons (Fsp3) is 0.800. The van der Waals surface area contributed by atoms with Crippen molar-refractivity contribution in [3.63, 3.8) is 0 Å². The number of aliphatic hydroxyl groups excluding tert-OH is 3. The summed E-state index contributed by atoms with van der Waals surface area (Å²) in [5.74, 6) is -0.864. The van der Waals surface area contributed by atoms with Crippen LogP contribution in [0.5, 0.6) is 0 Å². The van der Waals surface area contributed by atoms with Crippen molar-refractivity contribution >= 4 is 36.2 Å². The van der Waals surface area contributed by atoms with Crippen molar-refractivity contribution in [3.05, 3.63) is 5.28 Å². The van der Waals surface area contributed by atoms with E-state index >= 15 is 0 Å². The molecule has 1 unspecified atom stereocenters. The van der Waals surface area contributed by atoms with Crippen LogP contribution in [0.2, 0.25) is 5.28 Å². The molecule has 2 aliphatic rings. The normalized spacial score (nSPS) is 26.2. The summed E-state index contributed by atoms with van der Waals surface area (Å²) in [4.78, 5) is 8.45. The number of fused-ring (bicyclic) bond motifs is 1. The SMILES string of the molecule is CCOP(=O)(OCC)C(CO)OC[C@H]1O[C@H](n2nnc3c(NC4CCCC4)nc(Cl)nc32)[C@H](O)[C@@H]1O. The van der Waals surface area contributed by atoms with Crippen molar-refractivity contribution in [2.75, 3.05) is 31.7 Å². The molecule has 4 rings (SSSR count). The standard InChI is InChI=1S/C20H32ClN6O8P/c1-3-33-36(31,34-4-2)13(9-28)32-10-12-15(29)16(30)19(35-12)27-18-14(25-26-27)17(23-20(21)24-18)22-11-7-5-6-8-11/h11-13,15-16,19,28-30H,3-10H2,1-2H3,(H,22,23,24)/t12-,13?,15-,16-,19+/m1/s1. The Balaban J connectivity index is 1.51. The van der Waals surface area contributed by atoms with Crippen LogP contribution in [0.3, 0.4) is 0 Å². The van der Waals surface area contributed by atoms with E-state index < -0.39 is 44.6 Å². The lowest BCUT2D eigenvalue weighted by atomic mass is 10.1. The van der Waals surface area contributed by atoms with Crippen LogP contribution in [0.15, 0.2) is 0 Å². The average molecular weight is 551 g/mol. The molecule has 2 aromatic heterocycles. The van der Waals surface area contributed by atoms with Gasteiger partial charge in [0.05, 0.1) is 26.4 Å². The van der Waals surface area contributed by atoms with Gasteiger partial charge in [-0.25, -0.2) is 0 Å². The Hall–Kier alpha value is -1.48. The second-order valence-electron chi connectivity index (χ2n) is 8.57. The summed E-state index contributed by atoms with van der Waals surface area (Å²) in [5, 5.41) is 42.6. The molecule has 0 bridgehead atoms. The molecule has 1 saturated carbocycles. The van der Waals surface area contributed by atoms with E-state index in [2.05, 4.69) is 25.6 Å². The molecular formula is C20H32ClN6O8P. The molecule has 5 atom stereocenters. The van der Waals surface area contributed by atoms with Gasteiger partial charge in [0.2, 0.25) is 5.28 Å². The fourth-order valence-corrected chi connectivity index (χ4v) is 6.18. The fourth-order valence-electron chi connectivity index (χ4n) is 4.42. The first-order chi connectivity index (χ1) is 17.3. The summed E-state index contributed by atoms with van der Waals surface area (Å²) in [6.07, 6.45) is -0.768. The highest BCUT2D eigenvalue weighted by atomic mass is 35.5. The van der Waals surface area contributed by atoms with Crippen molar-refractivity contribution in [1.82, 2.24) is 25.0 Å². The van der Waals surface area contributed by atoms with Gasteiger partial charge in [-0.15, -0.1) is 5.10 Å². The Bertz CT molecular complexity index is 1060. The predicted molar refractivity (Wildman–Crippen MR) is 128 cm³/mol. The quantitative estimate of drug-likeness (QED) is 0.220. The van der Waals surface area contributed by atoms with Gasteiger partial charge in [-0.05, 0) is 38.3 Å². The first-order valence-corrected chi connectivity index (χ1v) is 14.0. The number of anilines is 1. The lowest BCUT2D eigenvalue weighted by Gasteiger charge is -2.26. The van der Waals surface area contributed by atoms with Crippen LogP contribution in [0.4, 0.5) is 5.82 Å². The summed E-state index contributed by atoms with van der Waals surface area (Å²) in [5.41, 5.74) is 0.574. The van der Waals surface area contributed by atoms with E-state index in [1.54, 1.807) is 13.8 Å². The van der Waals surface area contributed by atoms with E-state index in [-0.39, 0.29) is 36.8 Å². The van der Waals surface area contributed by atoms with Gasteiger partial charge in [-0.3, -0.25) is 4.57 Å². The van der Waals surface area contributed by atoms with E-state index in [1.165, 1.54) is 4.68 Å². The van der Waals surface area contributed by atoms with E-state index in [1.807, 2.05) is 0 Å². The molecule has 0 amide bonds. The van der Waals surface area contributed by atoms with Crippen LogP contribution < -0.4 is 5.32 Å². The smallest absolute Gasteiger partial charge is 0.361 e. The lowest BCUT2D eigenvalue weighted by Crippen LogP contribution is -2.35. The molecule has 36 heavy (non-hydrogen) atoms. The minimum absolute atomic E-state index is 0.0344. The molecule has 2 aromatic rings. The van der Waals surface area contributed by atoms with Crippen molar-refractivity contribution in [3.8, 4) is 0 Å². The third-order valence-corrected chi connectivity index (χ3v) is 8.57. The number of halogens is 1. The number of aliphatic hydroxyl groups is 3. The van der Waals surface area contributed by atoms with Gasteiger partial charge < -0.3 is 39.2 Å². The molecule has 0 aromatic carbocycles. The largest absolute Gasteiger partial charge is 0.393 e. The lowest BCUT2D eigenvalue weighted by molar-refractivity contribution is -0.0823. The predicted octanol–water partition coefficient (Wildman–Crippen LogP) is 1.45. The molecule has 14 nitrogen and oxygen atoms in total. The molecular weight excluding hydrogens is 519 g/mol. The van der Waals surface area contributed by atoms with Gasteiger partial charge in [0.15, 0.2) is 29.1 Å². The maximum Gasteiger partial charge on any atom is 0.361 e. The Morgan fingerprint density at radius 3 is 2.53 bits per heavy atom. The Kier molecular flexibility index (Phi) is 9.13. The summed E-state index contributed by atoms with van der Waals surface area (Å²) < 4.78 is 36.0. The number of aromatic nitrogens is 5. The highest BCUT2D eigenvalue weighted by Gasteiger charge is 2.46. The molecule has 3 heterocycles. The molecule has 0 radical (unpaired) electrons. The molecule has 1 aliphatic heterocycles. The van der Waals surface area contributed by atoms with Crippen LogP contribution in [0.1, 0.15) is 45.8 Å². The number of ether oxygens (including phenoxy) is 2. The number of hydrogen-bond donors (Lipinski definition) is 4. The zero-order chi connectivity index (χ0) is 25.9. The Morgan fingerprint density at radius 1 is 1.19 bits per heavy atom. The zero-order valence-corrected chi connectivity index (χ0v) is 21.7. The monoisotopic (exact) mass is 550 g/mol. The first-order valence-electron chi connectivity index (χ1n) is 12.0. The van der Waals surface area contributed by atoms with Gasteiger partial charge in [-0.1, -0.05) is 18.1 Å². The molecule has 0 spiro atoms. The van der Waals surface area contributed by atoms with Gasteiger partial charge in [0, 0.05) is 6.04 Å². The first kappa shape index (κ1) is 27.6. The molecule has 4 N–H and O–H groups in total. The van der Waals surface area contributed by atoms with Crippen LogP contribution >= 0.6 is 19.2 Å². The average Bonchev–Trinajstić information content (AvgIpc) is 3.56. The Morgan fingerprint density at radius 2 is 1.89 bits per heavy atom. The maximum atomic E-state index is 12.9. The summed E-state index contributed by atoms with van der Waals surface area (Å²) in [7, 11) is -3.78. The molecule has 202 valence electrons. The van der Waals surface area contributed by atoms with Crippen LogP contribution in [-0.4, -0.2) is 96.9 Å². The van der Waals surface area contributed by atoms with Gasteiger partial charge >= 0.3 is 7.60 Å². The van der Waals surface area contributed by atoms with E-state index in [0.717, 1.165) is 25.7 Å². The highest BCUT2D eigenvalue weighted by molar-refractivity contribution is 7.54. The van der Waals surface area contributed by atoms with E-state index in [0.29, 0.717) is 11.3 Å². The van der Waals surface area contributed by atoms with Crippen LogP contribution in [0, 0.1) is 0 Å². The molecule has 1 saturated heterocycles. The van der Waals surface area contributed by atoms with Crippen LogP contribution in [-0.2, 0) is 23.1 Å². The van der Waals surface area contributed by atoms with E-state index in [9.17, 15) is 19.9 Å². The summed E-state index contributed by atoms with van der Waals surface area (Å²) in [6.45, 7) is 2.48. The second-order valence-corrected chi connectivity index (χ2v) is 11.1. The minimum atomic E-state index is -3.78. The zero-order valence-electron chi connectivity index (χ0n) is 20.1. The number of nitrogens with zero attached hydrogens (tertiary/aromatic N) is 5. The third kappa shape index (κ3) is 5.66. The number of nitrogens with one attached hydrogen (secondary N) is 1. The maximum absolute atomic E-state index is 12.9. The number of rotatable bonds is 12.